The molecule has 0 aliphatic carbocycles. The molecule has 39 heavy (non-hydrogen) atoms. The van der Waals surface area contributed by atoms with E-state index in [-0.39, 0.29) is 0 Å². The molecule has 0 saturated heterocycles. The minimum Gasteiger partial charge on any atom is -0.491 e. The Kier molecular flexibility index (Phi) is 20.5. The smallest absolute Gasteiger partial charge is 0.150 e. The van der Waals surface area contributed by atoms with E-state index in [4.69, 9.17) is 42.6 Å². The van der Waals surface area contributed by atoms with Crippen LogP contribution in [0.15, 0.2) is 54.6 Å². The Morgan fingerprint density at radius 1 is 0.385 bits per heavy atom. The number of carbonyl (C=O) groups excluding carboxylic acids is 1. The van der Waals surface area contributed by atoms with Gasteiger partial charge in [-0.1, -0.05) is 18.2 Å². The van der Waals surface area contributed by atoms with E-state index in [0.717, 1.165) is 12.0 Å². The molecule has 0 bridgehead atoms. The highest BCUT2D eigenvalue weighted by Gasteiger charge is 1.97. The van der Waals surface area contributed by atoms with E-state index in [1.54, 1.807) is 24.3 Å². The third kappa shape index (κ3) is 19.2. The first-order chi connectivity index (χ1) is 19.4. The molecule has 10 heteroatoms. The van der Waals surface area contributed by atoms with Crippen molar-refractivity contribution in [1.82, 2.24) is 0 Å². The van der Waals surface area contributed by atoms with E-state index in [2.05, 4.69) is 0 Å². The van der Waals surface area contributed by atoms with Gasteiger partial charge in [0.2, 0.25) is 0 Å². The van der Waals surface area contributed by atoms with Gasteiger partial charge in [-0.05, 0) is 36.4 Å². The summed E-state index contributed by atoms with van der Waals surface area (Å²) in [7, 11) is 0. The lowest BCUT2D eigenvalue weighted by molar-refractivity contribution is -0.0218. The van der Waals surface area contributed by atoms with Gasteiger partial charge >= 0.3 is 0 Å². The first-order valence-electron chi connectivity index (χ1n) is 13.3. The van der Waals surface area contributed by atoms with Crippen molar-refractivity contribution in [2.75, 3.05) is 106 Å². The van der Waals surface area contributed by atoms with E-state index in [1.165, 1.54) is 0 Å². The fraction of sp³-hybridized carbons (Fsp3) is 0.552. The lowest BCUT2D eigenvalue weighted by Gasteiger charge is -2.09. The average molecular weight is 551 g/mol. The second-order valence-corrected chi connectivity index (χ2v) is 7.98. The molecule has 2 aromatic rings. The SMILES string of the molecule is O=Cc1ccc(OCCOCCOCCOCCOCCOCCOCCOCCOc2ccccc2)cc1. The average Bonchev–Trinajstić information content (AvgIpc) is 2.98. The number of hydrogen-bond donors (Lipinski definition) is 0. The van der Waals surface area contributed by atoms with Crippen LogP contribution in [0.3, 0.4) is 0 Å². The van der Waals surface area contributed by atoms with Crippen molar-refractivity contribution in [3.8, 4) is 11.5 Å². The summed E-state index contributed by atoms with van der Waals surface area (Å²) in [6.07, 6.45) is 0.799. The second-order valence-electron chi connectivity index (χ2n) is 7.98. The van der Waals surface area contributed by atoms with Crippen LogP contribution in [0.25, 0.3) is 0 Å². The van der Waals surface area contributed by atoms with Crippen LogP contribution in [0.2, 0.25) is 0 Å². The number of para-hydroxylation sites is 1. The predicted octanol–water partition coefficient (Wildman–Crippen LogP) is 3.07. The van der Waals surface area contributed by atoms with Gasteiger partial charge in [-0.3, -0.25) is 4.79 Å². The quantitative estimate of drug-likeness (QED) is 0.122. The van der Waals surface area contributed by atoms with Crippen molar-refractivity contribution in [1.29, 1.82) is 0 Å². The summed E-state index contributed by atoms with van der Waals surface area (Å²) in [5, 5.41) is 0. The van der Waals surface area contributed by atoms with Crippen LogP contribution in [0.4, 0.5) is 0 Å². The Morgan fingerprint density at radius 2 is 0.692 bits per heavy atom. The molecule has 0 heterocycles. The van der Waals surface area contributed by atoms with Gasteiger partial charge in [-0.15, -0.1) is 0 Å². The summed E-state index contributed by atoms with van der Waals surface area (Å²) >= 11 is 0. The Balaban J connectivity index is 1.19. The zero-order valence-corrected chi connectivity index (χ0v) is 22.7. The maximum absolute atomic E-state index is 10.6. The van der Waals surface area contributed by atoms with Crippen molar-refractivity contribution in [2.45, 2.75) is 0 Å². The lowest BCUT2D eigenvalue weighted by Crippen LogP contribution is -2.15. The topological polar surface area (TPSA) is 100 Å². The van der Waals surface area contributed by atoms with Crippen LogP contribution in [-0.4, -0.2) is 112 Å². The normalized spacial score (nSPS) is 11.0. The molecule has 0 saturated carbocycles. The molecule has 0 aromatic heterocycles. The number of hydrogen-bond acceptors (Lipinski definition) is 10. The van der Waals surface area contributed by atoms with Crippen LogP contribution >= 0.6 is 0 Å². The molecule has 0 aliphatic heterocycles. The van der Waals surface area contributed by atoms with E-state index in [0.29, 0.717) is 117 Å². The number of rotatable bonds is 27. The summed E-state index contributed by atoms with van der Waals surface area (Å²) < 4.78 is 49.3. The van der Waals surface area contributed by atoms with E-state index >= 15 is 0 Å². The summed E-state index contributed by atoms with van der Waals surface area (Å²) in [5.74, 6) is 1.55. The first-order valence-corrected chi connectivity index (χ1v) is 13.3. The van der Waals surface area contributed by atoms with Gasteiger partial charge in [0.05, 0.1) is 92.5 Å². The van der Waals surface area contributed by atoms with E-state index < -0.39 is 0 Å². The highest BCUT2D eigenvalue weighted by molar-refractivity contribution is 5.74. The summed E-state index contributed by atoms with van der Waals surface area (Å²) in [4.78, 5) is 10.6. The number of aldehydes is 1. The van der Waals surface area contributed by atoms with Crippen molar-refractivity contribution < 1.29 is 47.4 Å². The van der Waals surface area contributed by atoms with Gasteiger partial charge in [0.1, 0.15) is 31.0 Å². The Labute approximate surface area is 231 Å². The summed E-state index contributed by atoms with van der Waals surface area (Å²) in [5.41, 5.74) is 0.621. The van der Waals surface area contributed by atoms with Crippen molar-refractivity contribution in [3.63, 3.8) is 0 Å². The van der Waals surface area contributed by atoms with E-state index in [1.807, 2.05) is 30.3 Å². The number of carbonyl (C=O) groups is 1. The Bertz CT molecular complexity index is 803. The van der Waals surface area contributed by atoms with Crippen LogP contribution in [0.5, 0.6) is 11.5 Å². The largest absolute Gasteiger partial charge is 0.491 e. The summed E-state index contributed by atoms with van der Waals surface area (Å²) in [6.45, 7) is 8.03. The molecule has 10 nitrogen and oxygen atoms in total. The monoisotopic (exact) mass is 550 g/mol. The zero-order chi connectivity index (χ0) is 27.5. The minimum atomic E-state index is 0.435. The Hall–Kier alpha value is -2.57. The lowest BCUT2D eigenvalue weighted by atomic mass is 10.2. The molecule has 0 fully saturated rings. The van der Waals surface area contributed by atoms with Crippen LogP contribution in [0.1, 0.15) is 10.4 Å². The van der Waals surface area contributed by atoms with Gasteiger partial charge in [0, 0.05) is 5.56 Å². The molecular weight excluding hydrogens is 508 g/mol. The summed E-state index contributed by atoms with van der Waals surface area (Å²) in [6, 6.07) is 16.6. The molecule has 0 spiro atoms. The third-order valence-electron chi connectivity index (χ3n) is 4.98. The highest BCUT2D eigenvalue weighted by atomic mass is 16.6. The fourth-order valence-corrected chi connectivity index (χ4v) is 3.02. The second kappa shape index (κ2) is 24.5. The molecule has 0 radical (unpaired) electrons. The van der Waals surface area contributed by atoms with Gasteiger partial charge < -0.3 is 42.6 Å². The van der Waals surface area contributed by atoms with Gasteiger partial charge in [-0.25, -0.2) is 0 Å². The molecular formula is C29H42O10. The maximum Gasteiger partial charge on any atom is 0.150 e. The molecule has 2 rings (SSSR count). The molecule has 218 valence electrons. The molecule has 0 aliphatic rings. The van der Waals surface area contributed by atoms with Crippen molar-refractivity contribution in [3.05, 3.63) is 60.2 Å². The number of ether oxygens (including phenoxy) is 9. The maximum atomic E-state index is 10.6. The molecule has 0 unspecified atom stereocenters. The van der Waals surface area contributed by atoms with Gasteiger partial charge in [0.15, 0.2) is 0 Å². The van der Waals surface area contributed by atoms with Crippen molar-refractivity contribution >= 4 is 6.29 Å². The Morgan fingerprint density at radius 3 is 1.03 bits per heavy atom. The molecule has 2 aromatic carbocycles. The first kappa shape index (κ1) is 32.6. The van der Waals surface area contributed by atoms with Gasteiger partial charge in [0.25, 0.3) is 0 Å². The number of benzene rings is 2. The van der Waals surface area contributed by atoms with Gasteiger partial charge in [-0.2, -0.15) is 0 Å². The predicted molar refractivity (Wildman–Crippen MR) is 145 cm³/mol. The zero-order valence-electron chi connectivity index (χ0n) is 22.7. The molecule has 0 N–H and O–H groups in total. The van der Waals surface area contributed by atoms with Crippen LogP contribution < -0.4 is 9.47 Å². The molecule has 0 atom stereocenters. The molecule has 0 amide bonds. The van der Waals surface area contributed by atoms with E-state index in [9.17, 15) is 4.79 Å². The highest BCUT2D eigenvalue weighted by Crippen LogP contribution is 2.10. The third-order valence-corrected chi connectivity index (χ3v) is 4.98. The van der Waals surface area contributed by atoms with Crippen molar-refractivity contribution in [2.24, 2.45) is 0 Å². The van der Waals surface area contributed by atoms with Crippen LogP contribution in [0, 0.1) is 0 Å². The fourth-order valence-electron chi connectivity index (χ4n) is 3.02. The standard InChI is InChI=1S/C29H42O10/c30-26-27-6-8-29(9-7-27)39-25-23-37-21-19-35-17-15-33-13-11-31-10-12-32-14-16-34-18-20-36-22-24-38-28-4-2-1-3-5-28/h1-9,26H,10-25H2. The van der Waals surface area contributed by atoms with Crippen LogP contribution in [-0.2, 0) is 33.2 Å². The minimum absolute atomic E-state index is 0.435.